The fraction of sp³-hybridized carbons (Fsp3) is 0.231. The van der Waals surface area contributed by atoms with Gasteiger partial charge in [0.1, 0.15) is 11.5 Å². The highest BCUT2D eigenvalue weighted by Gasteiger charge is 2.59. The summed E-state index contributed by atoms with van der Waals surface area (Å²) in [6, 6.07) is 6.84. The molecule has 2 N–H and O–H groups in total. The van der Waals surface area contributed by atoms with E-state index in [1.807, 2.05) is 0 Å². The van der Waals surface area contributed by atoms with Crippen molar-refractivity contribution in [3.05, 3.63) is 137 Å². The largest absolute Gasteiger partial charge is 0.455 e. The van der Waals surface area contributed by atoms with Crippen molar-refractivity contribution < 1.29 is 51.1 Å². The van der Waals surface area contributed by atoms with E-state index in [9.17, 15) is 56.8 Å². The first kappa shape index (κ1) is 32.0. The molecular weight excluding hydrogens is 637 g/mol. The molecule has 0 fully saturated rings. The first-order chi connectivity index (χ1) is 19.9. The van der Waals surface area contributed by atoms with Gasteiger partial charge in [-0.1, -0.05) is 59.6 Å². The molecule has 0 bridgehead atoms. The number of nitro groups is 2. The Morgan fingerprint density at radius 1 is 0.698 bits per heavy atom. The maximum absolute atomic E-state index is 13.7. The van der Waals surface area contributed by atoms with Gasteiger partial charge in [0, 0.05) is 33.1 Å². The van der Waals surface area contributed by atoms with Gasteiger partial charge >= 0.3 is 12.4 Å². The van der Waals surface area contributed by atoms with Crippen molar-refractivity contribution in [1.82, 2.24) is 0 Å². The second-order valence-corrected chi connectivity index (χ2v) is 10.1. The molecule has 2 aliphatic rings. The van der Waals surface area contributed by atoms with Crippen LogP contribution in [0.25, 0.3) is 0 Å². The van der Waals surface area contributed by atoms with E-state index >= 15 is 0 Å². The second kappa shape index (κ2) is 11.0. The lowest BCUT2D eigenvalue weighted by atomic mass is 9.78. The van der Waals surface area contributed by atoms with E-state index in [-0.39, 0.29) is 0 Å². The molecule has 43 heavy (non-hydrogen) atoms. The van der Waals surface area contributed by atoms with Crippen LogP contribution in [0.15, 0.2) is 94.4 Å². The number of ether oxygens (including phenoxy) is 1. The van der Waals surface area contributed by atoms with Crippen LogP contribution in [-0.4, -0.2) is 32.3 Å². The fourth-order valence-electron chi connectivity index (χ4n) is 4.84. The van der Waals surface area contributed by atoms with Crippen LogP contribution >= 0.6 is 23.2 Å². The van der Waals surface area contributed by atoms with E-state index in [1.165, 1.54) is 0 Å². The van der Waals surface area contributed by atoms with Crippen LogP contribution < -0.4 is 0 Å². The number of benzene rings is 2. The van der Waals surface area contributed by atoms with E-state index in [1.54, 1.807) is 0 Å². The molecule has 2 aromatic carbocycles. The van der Waals surface area contributed by atoms with Crippen LogP contribution in [0.4, 0.5) is 26.3 Å². The molecule has 228 valence electrons. The molecule has 9 nitrogen and oxygen atoms in total. The number of nitrogens with zero attached hydrogens (tertiary/aromatic N) is 2. The standard InChI is InChI=1S/C26H16Cl2F6N2O7/c27-19-17(9-11-23(21(19)37,35(39)40)13-5-1-3-7-15(13)25(29,30)31)43-18-10-12-24(36(41)42,22(38)20(18)28)14-6-2-4-8-16(14)26(32,33)34/h1-12,21-22,37-38H. The van der Waals surface area contributed by atoms with Crippen LogP contribution in [0, 0.1) is 20.2 Å². The molecule has 17 heteroatoms. The number of hydrogen-bond donors (Lipinski definition) is 2. The van der Waals surface area contributed by atoms with Gasteiger partial charge in [-0.25, -0.2) is 0 Å². The van der Waals surface area contributed by atoms with Crippen LogP contribution in [0.2, 0.25) is 0 Å². The van der Waals surface area contributed by atoms with E-state index in [4.69, 9.17) is 27.9 Å². The first-order valence-corrected chi connectivity index (χ1v) is 12.5. The quantitative estimate of drug-likeness (QED) is 0.217. The molecule has 0 saturated carbocycles. The number of aliphatic hydroxyl groups excluding tert-OH is 2. The molecule has 4 rings (SSSR count). The summed E-state index contributed by atoms with van der Waals surface area (Å²) in [5.74, 6) is -1.24. The van der Waals surface area contributed by atoms with Crippen molar-refractivity contribution in [2.24, 2.45) is 0 Å². The average molecular weight is 653 g/mol. The summed E-state index contributed by atoms with van der Waals surface area (Å²) in [6.07, 6.45) is -12.4. The number of allylic oxidation sites excluding steroid dienone is 2. The lowest BCUT2D eigenvalue weighted by Crippen LogP contribution is -2.48. The summed E-state index contributed by atoms with van der Waals surface area (Å²) < 4.78 is 87.6. The van der Waals surface area contributed by atoms with Gasteiger partial charge in [0.2, 0.25) is 0 Å². The SMILES string of the molecule is O=[N+]([O-])C1(c2ccccc2C(F)(F)F)C=CC(OC2=C(Cl)C(O)C(c3ccccc3C(F)(F)F)([N+](=O)[O-])C=C2)=C(Cl)C1O. The minimum Gasteiger partial charge on any atom is -0.455 e. The third kappa shape index (κ3) is 5.15. The lowest BCUT2D eigenvalue weighted by Gasteiger charge is -2.34. The van der Waals surface area contributed by atoms with Crippen LogP contribution in [0.1, 0.15) is 22.3 Å². The molecule has 4 unspecified atom stereocenters. The third-order valence-electron chi connectivity index (χ3n) is 6.91. The van der Waals surface area contributed by atoms with Gasteiger partial charge in [0.05, 0.1) is 21.2 Å². The highest BCUT2D eigenvalue weighted by molar-refractivity contribution is 6.31. The van der Waals surface area contributed by atoms with Gasteiger partial charge in [-0.2, -0.15) is 26.3 Å². The molecule has 2 aromatic rings. The summed E-state index contributed by atoms with van der Waals surface area (Å²) in [4.78, 5) is 22.0. The Balaban J connectivity index is 1.76. The Morgan fingerprint density at radius 3 is 1.33 bits per heavy atom. The number of rotatable bonds is 6. The van der Waals surface area contributed by atoms with E-state index < -0.39 is 89.3 Å². The molecule has 0 saturated heterocycles. The zero-order valence-electron chi connectivity index (χ0n) is 20.9. The number of halogens is 8. The summed E-state index contributed by atoms with van der Waals surface area (Å²) in [7, 11) is 0. The Hall–Kier alpha value is -3.92. The minimum absolute atomic E-state index is 0.572. The molecule has 0 aliphatic heterocycles. The maximum atomic E-state index is 13.7. The van der Waals surface area contributed by atoms with Crippen molar-refractivity contribution in [3.63, 3.8) is 0 Å². The van der Waals surface area contributed by atoms with Gasteiger partial charge in [-0.15, -0.1) is 0 Å². The maximum Gasteiger partial charge on any atom is 0.416 e. The Kier molecular flexibility index (Phi) is 8.17. The van der Waals surface area contributed by atoms with Gasteiger partial charge in [0.15, 0.2) is 12.2 Å². The van der Waals surface area contributed by atoms with E-state index in [0.717, 1.165) is 48.6 Å². The first-order valence-electron chi connectivity index (χ1n) is 11.7. The summed E-state index contributed by atoms with van der Waals surface area (Å²) in [6.45, 7) is 0. The molecule has 4 atom stereocenters. The van der Waals surface area contributed by atoms with E-state index in [2.05, 4.69) is 0 Å². The summed E-state index contributed by atoms with van der Waals surface area (Å²) >= 11 is 12.3. The van der Waals surface area contributed by atoms with Crippen molar-refractivity contribution in [2.75, 3.05) is 0 Å². The van der Waals surface area contributed by atoms with Crippen LogP contribution in [0.3, 0.4) is 0 Å². The van der Waals surface area contributed by atoms with Crippen LogP contribution in [-0.2, 0) is 28.2 Å². The third-order valence-corrected chi connectivity index (χ3v) is 7.70. The highest BCUT2D eigenvalue weighted by Crippen LogP contribution is 2.48. The number of aliphatic hydroxyl groups is 2. The molecule has 0 radical (unpaired) electrons. The van der Waals surface area contributed by atoms with Gasteiger partial charge in [0.25, 0.3) is 11.1 Å². The molecule has 0 heterocycles. The van der Waals surface area contributed by atoms with Crippen molar-refractivity contribution in [1.29, 1.82) is 0 Å². The smallest absolute Gasteiger partial charge is 0.416 e. The van der Waals surface area contributed by atoms with Gasteiger partial charge < -0.3 is 14.9 Å². The molecular formula is C26H16Cl2F6N2O7. The zero-order valence-corrected chi connectivity index (χ0v) is 22.4. The predicted molar refractivity (Wildman–Crippen MR) is 137 cm³/mol. The normalized spacial score (nSPS) is 26.1. The second-order valence-electron chi connectivity index (χ2n) is 9.25. The van der Waals surface area contributed by atoms with Crippen molar-refractivity contribution >= 4 is 23.2 Å². The van der Waals surface area contributed by atoms with Crippen LogP contribution in [0.5, 0.6) is 0 Å². The Bertz CT molecular complexity index is 1500. The van der Waals surface area contributed by atoms with E-state index in [0.29, 0.717) is 24.3 Å². The summed E-state index contributed by atoms with van der Waals surface area (Å²) in [5, 5.41) is 44.3. The molecule has 0 amide bonds. The lowest BCUT2D eigenvalue weighted by molar-refractivity contribution is -0.575. The number of alkyl halides is 6. The average Bonchev–Trinajstić information content (AvgIpc) is 2.93. The summed E-state index contributed by atoms with van der Waals surface area (Å²) in [5.41, 5.74) is -10.6. The van der Waals surface area contributed by atoms with Gasteiger partial charge in [-0.05, 0) is 24.3 Å². The van der Waals surface area contributed by atoms with Crippen molar-refractivity contribution in [3.8, 4) is 0 Å². The minimum atomic E-state index is -5.06. The number of hydrogen-bond acceptors (Lipinski definition) is 7. The predicted octanol–water partition coefficient (Wildman–Crippen LogP) is 6.15. The zero-order chi connectivity index (χ0) is 32.1. The fourth-order valence-corrected chi connectivity index (χ4v) is 5.37. The highest BCUT2D eigenvalue weighted by atomic mass is 35.5. The van der Waals surface area contributed by atoms with Crippen molar-refractivity contribution in [2.45, 2.75) is 35.6 Å². The Labute approximate surface area is 246 Å². The van der Waals surface area contributed by atoms with Gasteiger partial charge in [-0.3, -0.25) is 20.2 Å². The molecule has 0 spiro atoms. The molecule has 2 aliphatic carbocycles. The Morgan fingerprint density at radius 2 is 1.02 bits per heavy atom. The molecule has 0 aromatic heterocycles. The topological polar surface area (TPSA) is 136 Å². The monoisotopic (exact) mass is 652 g/mol.